The molecule has 2 unspecified atom stereocenters. The van der Waals surface area contributed by atoms with E-state index in [1.54, 1.807) is 35.2 Å². The number of nitrogens with one attached hydrogen (secondary N) is 4. The molecule has 2 aromatic rings. The van der Waals surface area contributed by atoms with Gasteiger partial charge in [-0.2, -0.15) is 5.10 Å². The Bertz CT molecular complexity index is 1090. The second-order valence-corrected chi connectivity index (χ2v) is 11.0. The zero-order valence-electron chi connectivity index (χ0n) is 17.5. The van der Waals surface area contributed by atoms with Crippen LogP contribution in [0, 0.1) is 0 Å². The van der Waals surface area contributed by atoms with Crippen LogP contribution in [0.2, 0.25) is 0 Å². The van der Waals surface area contributed by atoms with Crippen LogP contribution in [0.15, 0.2) is 58.0 Å². The van der Waals surface area contributed by atoms with Gasteiger partial charge >= 0.3 is 5.97 Å². The summed E-state index contributed by atoms with van der Waals surface area (Å²) in [4.78, 5) is 12.8. The highest BCUT2D eigenvalue weighted by Gasteiger charge is 2.29. The van der Waals surface area contributed by atoms with Crippen molar-refractivity contribution in [3.05, 3.63) is 63.3 Å². The summed E-state index contributed by atoms with van der Waals surface area (Å²) in [6, 6.07) is 11.3. The van der Waals surface area contributed by atoms with Gasteiger partial charge in [0.25, 0.3) is 0 Å². The van der Waals surface area contributed by atoms with Gasteiger partial charge in [-0.15, -0.1) is 23.1 Å². The van der Waals surface area contributed by atoms with Crippen LogP contribution >= 0.6 is 34.9 Å². The van der Waals surface area contributed by atoms with Gasteiger partial charge in [0.1, 0.15) is 10.7 Å². The molecular formula is C20H23N5O4S4. The van der Waals surface area contributed by atoms with E-state index in [1.807, 2.05) is 18.2 Å². The summed E-state index contributed by atoms with van der Waals surface area (Å²) in [6.07, 6.45) is 0.871. The number of rotatable bonds is 9. The van der Waals surface area contributed by atoms with Gasteiger partial charge in [-0.25, -0.2) is 8.42 Å². The van der Waals surface area contributed by atoms with Crippen LogP contribution in [0.1, 0.15) is 22.2 Å². The molecule has 0 aliphatic carbocycles. The van der Waals surface area contributed by atoms with E-state index in [2.05, 4.69) is 42.7 Å². The van der Waals surface area contributed by atoms with Gasteiger partial charge in [0.15, 0.2) is 5.17 Å². The number of hydrazone groups is 1. The number of amidine groups is 1. The summed E-state index contributed by atoms with van der Waals surface area (Å²) in [5, 5.41) is 16.3. The number of thiophene rings is 1. The smallest absolute Gasteiger partial charge is 0.308 e. The first kappa shape index (κ1) is 23.8. The standard InChI is InChI=1S/C20H23N5O4S4/c1-29-18(26)10-17-23-24-20(32-17)22-14(9-12-4-6-13(7-5-12)25-33(27)28)15-11-31-19(21-15)16-3-2-8-30-16/h2-8,11,14,17,19,21,23,33H,9-10H2,1H3,(H,22,24)(H,25,27,28)/t14-,17?,19?/m0/s1. The Kier molecular flexibility index (Phi) is 8.06. The average Bonchev–Trinajstić information content (AvgIpc) is 3.56. The van der Waals surface area contributed by atoms with Crippen LogP contribution < -0.4 is 20.8 Å². The highest BCUT2D eigenvalue weighted by molar-refractivity contribution is 8.14. The third kappa shape index (κ3) is 6.59. The summed E-state index contributed by atoms with van der Waals surface area (Å²) in [6.45, 7) is 0. The number of esters is 1. The van der Waals surface area contributed by atoms with Crippen molar-refractivity contribution in [2.45, 2.75) is 29.6 Å². The summed E-state index contributed by atoms with van der Waals surface area (Å²) in [5.41, 5.74) is 5.57. The molecule has 33 heavy (non-hydrogen) atoms. The maximum absolute atomic E-state index is 11.6. The van der Waals surface area contributed by atoms with Crippen LogP contribution in [0.25, 0.3) is 0 Å². The number of methoxy groups -OCH3 is 1. The zero-order valence-corrected chi connectivity index (χ0v) is 20.9. The molecule has 4 rings (SSSR count). The second kappa shape index (κ2) is 11.2. The van der Waals surface area contributed by atoms with Crippen LogP contribution in [-0.4, -0.2) is 38.1 Å². The number of thioether (sulfide) groups is 2. The maximum Gasteiger partial charge on any atom is 0.308 e. The first-order valence-electron chi connectivity index (χ1n) is 9.99. The summed E-state index contributed by atoms with van der Waals surface area (Å²) < 4.78 is 28.9. The molecule has 0 spiro atoms. The number of hydrogen-bond acceptors (Lipinski definition) is 11. The van der Waals surface area contributed by atoms with Crippen LogP contribution in [0.4, 0.5) is 5.69 Å². The molecule has 2 aliphatic heterocycles. The highest BCUT2D eigenvalue weighted by atomic mass is 32.2. The minimum Gasteiger partial charge on any atom is -0.469 e. The van der Waals surface area contributed by atoms with E-state index in [-0.39, 0.29) is 29.2 Å². The fraction of sp³-hybridized carbons (Fsp3) is 0.300. The number of hydrogen-bond donors (Lipinski definition) is 5. The van der Waals surface area contributed by atoms with Crippen molar-refractivity contribution in [1.29, 1.82) is 0 Å². The Morgan fingerprint density at radius 3 is 2.79 bits per heavy atom. The Morgan fingerprint density at radius 2 is 2.09 bits per heavy atom. The molecule has 1 aromatic carbocycles. The molecule has 0 radical (unpaired) electrons. The van der Waals surface area contributed by atoms with Gasteiger partial charge in [-0.3, -0.25) is 14.9 Å². The number of anilines is 1. The van der Waals surface area contributed by atoms with Gasteiger partial charge < -0.3 is 15.4 Å². The van der Waals surface area contributed by atoms with E-state index < -0.39 is 10.9 Å². The maximum atomic E-state index is 11.6. The van der Waals surface area contributed by atoms with Gasteiger partial charge in [-0.05, 0) is 41.0 Å². The Hall–Kier alpha value is -2.35. The Morgan fingerprint density at radius 1 is 1.27 bits per heavy atom. The predicted molar refractivity (Wildman–Crippen MR) is 135 cm³/mol. The lowest BCUT2D eigenvalue weighted by Gasteiger charge is -2.23. The molecule has 0 saturated heterocycles. The highest BCUT2D eigenvalue weighted by Crippen LogP contribution is 2.37. The first-order chi connectivity index (χ1) is 16.0. The molecule has 1 aromatic heterocycles. The third-order valence-corrected chi connectivity index (χ3v) is 8.41. The molecule has 3 heterocycles. The molecular weight excluding hydrogens is 503 g/mol. The van der Waals surface area contributed by atoms with Gasteiger partial charge in [-0.1, -0.05) is 30.0 Å². The lowest BCUT2D eigenvalue weighted by Crippen LogP contribution is -2.39. The predicted octanol–water partition coefficient (Wildman–Crippen LogP) is 2.56. The van der Waals surface area contributed by atoms with Crippen molar-refractivity contribution in [3.63, 3.8) is 0 Å². The quantitative estimate of drug-likeness (QED) is 0.248. The SMILES string of the molecule is COC(=O)CC1NN=C(N[C@@H](Cc2ccc(N[SH](=O)=O)cc2)C2=CSC(c3cccs3)N2)S1. The second-order valence-electron chi connectivity index (χ2n) is 7.15. The number of ether oxygens (including phenoxy) is 1. The van der Waals surface area contributed by atoms with Crippen molar-refractivity contribution in [3.8, 4) is 0 Å². The number of carbonyl (C=O) groups excluding carboxylic acids is 1. The lowest BCUT2D eigenvalue weighted by molar-refractivity contribution is -0.140. The number of benzene rings is 1. The molecule has 13 heteroatoms. The van der Waals surface area contributed by atoms with Crippen molar-refractivity contribution < 1.29 is 17.9 Å². The zero-order chi connectivity index (χ0) is 23.2. The lowest BCUT2D eigenvalue weighted by atomic mass is 10.0. The normalized spacial score (nSPS) is 20.4. The summed E-state index contributed by atoms with van der Waals surface area (Å²) in [7, 11) is -1.33. The Balaban J connectivity index is 1.45. The molecule has 2 aliphatic rings. The first-order valence-corrected chi connectivity index (χ1v) is 13.9. The molecule has 0 saturated carbocycles. The van der Waals surface area contributed by atoms with E-state index in [1.165, 1.54) is 23.7 Å². The van der Waals surface area contributed by atoms with E-state index in [0.717, 1.165) is 11.3 Å². The van der Waals surface area contributed by atoms with Gasteiger partial charge in [0, 0.05) is 16.3 Å². The van der Waals surface area contributed by atoms with Crippen LogP contribution in [-0.2, 0) is 26.8 Å². The summed E-state index contributed by atoms with van der Waals surface area (Å²) >= 11 is 4.88. The van der Waals surface area contributed by atoms with E-state index in [9.17, 15) is 13.2 Å². The molecule has 9 nitrogen and oxygen atoms in total. The fourth-order valence-corrected chi connectivity index (χ4v) is 6.46. The molecule has 176 valence electrons. The van der Waals surface area contributed by atoms with Crippen molar-refractivity contribution in [2.24, 2.45) is 5.10 Å². The summed E-state index contributed by atoms with van der Waals surface area (Å²) in [5.74, 6) is -0.295. The molecule has 0 bridgehead atoms. The minimum absolute atomic E-state index is 0.0951. The molecule has 4 N–H and O–H groups in total. The molecule has 0 amide bonds. The van der Waals surface area contributed by atoms with Gasteiger partial charge in [0.05, 0.1) is 19.6 Å². The van der Waals surface area contributed by atoms with Gasteiger partial charge in [0.2, 0.25) is 10.9 Å². The van der Waals surface area contributed by atoms with E-state index >= 15 is 0 Å². The minimum atomic E-state index is -2.70. The molecule has 0 fully saturated rings. The third-order valence-electron chi connectivity index (χ3n) is 4.86. The number of thiol groups is 1. The van der Waals surface area contributed by atoms with Crippen molar-refractivity contribution in [1.82, 2.24) is 16.1 Å². The fourth-order valence-electron chi connectivity index (χ4n) is 3.27. The van der Waals surface area contributed by atoms with Crippen LogP contribution in [0.5, 0.6) is 0 Å². The van der Waals surface area contributed by atoms with Crippen molar-refractivity contribution in [2.75, 3.05) is 11.8 Å². The van der Waals surface area contributed by atoms with E-state index in [4.69, 9.17) is 4.74 Å². The Labute approximate surface area is 205 Å². The number of nitrogens with zero attached hydrogens (tertiary/aromatic N) is 1. The largest absolute Gasteiger partial charge is 0.469 e. The van der Waals surface area contributed by atoms with E-state index in [0.29, 0.717) is 17.3 Å². The topological polar surface area (TPSA) is 121 Å². The monoisotopic (exact) mass is 525 g/mol. The average molecular weight is 526 g/mol. The van der Waals surface area contributed by atoms with Crippen molar-refractivity contribution >= 4 is 62.6 Å². The molecule has 3 atom stereocenters. The van der Waals surface area contributed by atoms with Crippen LogP contribution in [0.3, 0.4) is 0 Å². The number of carbonyl (C=O) groups is 1.